The number of carbonyl (C=O) groups excluding carboxylic acids is 2. The maximum absolute atomic E-state index is 12.3. The van der Waals surface area contributed by atoms with Gasteiger partial charge in [0.15, 0.2) is 5.75 Å². The summed E-state index contributed by atoms with van der Waals surface area (Å²) in [6, 6.07) is 9.78. The molecule has 1 aliphatic heterocycles. The molecule has 0 aliphatic carbocycles. The number of thiophene rings is 1. The number of nitrogens with zero attached hydrogens (tertiary/aromatic N) is 1. The minimum absolute atomic E-state index is 0.135. The summed E-state index contributed by atoms with van der Waals surface area (Å²) in [5.41, 5.74) is 1.18. The van der Waals surface area contributed by atoms with E-state index in [1.807, 2.05) is 56.0 Å². The summed E-state index contributed by atoms with van der Waals surface area (Å²) in [5, 5.41) is 4.58. The third-order valence-electron chi connectivity index (χ3n) is 4.71. The Balaban J connectivity index is 1.70. The lowest BCUT2D eigenvalue weighted by molar-refractivity contribution is 0.0524. The van der Waals surface area contributed by atoms with Gasteiger partial charge in [0.05, 0.1) is 26.4 Å². The van der Waals surface area contributed by atoms with Crippen molar-refractivity contribution in [1.82, 2.24) is 5.32 Å². The molecule has 32 heavy (non-hydrogen) atoms. The van der Waals surface area contributed by atoms with Crippen molar-refractivity contribution < 1.29 is 28.5 Å². The molecule has 1 aromatic carbocycles. The standard InChI is InChI=1S/C23H30N2O6S/c1-23(2,3)31-22(27)24-10-11-25-17(13-29-12-16-8-6-5-7-9-16)14-30-18-15-32-20(19(18)25)21(26)28-4/h5-9,15,17H,10-14H2,1-4H3,(H,24,27)/t17-/m0/s1. The Bertz CT molecular complexity index is 909. The van der Waals surface area contributed by atoms with Crippen molar-refractivity contribution in [3.63, 3.8) is 0 Å². The second-order valence-corrected chi connectivity index (χ2v) is 9.24. The van der Waals surface area contributed by atoms with Crippen molar-refractivity contribution in [3.05, 3.63) is 46.2 Å². The van der Waals surface area contributed by atoms with E-state index >= 15 is 0 Å². The number of alkyl carbamates (subject to hydrolysis) is 1. The summed E-state index contributed by atoms with van der Waals surface area (Å²) >= 11 is 1.28. The molecule has 0 saturated carbocycles. The number of hydrogen-bond donors (Lipinski definition) is 1. The first-order chi connectivity index (χ1) is 15.3. The first-order valence-electron chi connectivity index (χ1n) is 10.5. The van der Waals surface area contributed by atoms with E-state index in [9.17, 15) is 9.59 Å². The lowest BCUT2D eigenvalue weighted by Crippen LogP contribution is -2.49. The Morgan fingerprint density at radius 1 is 1.25 bits per heavy atom. The van der Waals surface area contributed by atoms with Gasteiger partial charge in [-0.25, -0.2) is 9.59 Å². The molecule has 1 N–H and O–H groups in total. The molecular weight excluding hydrogens is 432 g/mol. The van der Waals surface area contributed by atoms with Crippen molar-refractivity contribution >= 4 is 29.1 Å². The fourth-order valence-electron chi connectivity index (χ4n) is 3.32. The van der Waals surface area contributed by atoms with Crippen LogP contribution in [0.25, 0.3) is 0 Å². The van der Waals surface area contributed by atoms with Gasteiger partial charge in [0.2, 0.25) is 0 Å². The van der Waals surface area contributed by atoms with Crippen LogP contribution in [0.3, 0.4) is 0 Å². The fraction of sp³-hybridized carbons (Fsp3) is 0.478. The highest BCUT2D eigenvalue weighted by Crippen LogP contribution is 2.42. The van der Waals surface area contributed by atoms with Crippen LogP contribution in [0.4, 0.5) is 10.5 Å². The van der Waals surface area contributed by atoms with Gasteiger partial charge in [-0.05, 0) is 26.3 Å². The van der Waals surface area contributed by atoms with E-state index in [0.717, 1.165) is 5.56 Å². The molecule has 174 valence electrons. The van der Waals surface area contributed by atoms with Gasteiger partial charge in [-0.3, -0.25) is 0 Å². The number of ether oxygens (including phenoxy) is 4. The molecule has 3 rings (SSSR count). The van der Waals surface area contributed by atoms with Gasteiger partial charge in [0.1, 0.15) is 22.8 Å². The third kappa shape index (κ3) is 6.37. The molecular formula is C23H30N2O6S. The van der Waals surface area contributed by atoms with Crippen molar-refractivity contribution in [2.45, 2.75) is 39.0 Å². The number of methoxy groups -OCH3 is 1. The average molecular weight is 463 g/mol. The molecule has 0 unspecified atom stereocenters. The molecule has 0 saturated heterocycles. The van der Waals surface area contributed by atoms with Crippen molar-refractivity contribution in [2.75, 3.05) is 38.3 Å². The molecule has 8 nitrogen and oxygen atoms in total. The summed E-state index contributed by atoms with van der Waals surface area (Å²) in [7, 11) is 1.35. The topological polar surface area (TPSA) is 86.3 Å². The number of carbonyl (C=O) groups is 2. The molecule has 1 amide bonds. The molecule has 1 aliphatic rings. The smallest absolute Gasteiger partial charge is 0.407 e. The van der Waals surface area contributed by atoms with Gasteiger partial charge in [-0.2, -0.15) is 0 Å². The highest BCUT2D eigenvalue weighted by molar-refractivity contribution is 7.13. The minimum atomic E-state index is -0.574. The Hall–Kier alpha value is -2.78. The fourth-order valence-corrected chi connectivity index (χ4v) is 4.23. The minimum Gasteiger partial charge on any atom is -0.488 e. The van der Waals surface area contributed by atoms with Crippen LogP contribution < -0.4 is 15.0 Å². The van der Waals surface area contributed by atoms with Crippen LogP contribution >= 0.6 is 11.3 Å². The molecule has 0 spiro atoms. The van der Waals surface area contributed by atoms with Crippen LogP contribution in [-0.2, 0) is 20.8 Å². The molecule has 0 bridgehead atoms. The predicted octanol–water partition coefficient (Wildman–Crippen LogP) is 3.84. The SMILES string of the molecule is COC(=O)c1scc2c1N(CCNC(=O)OC(C)(C)C)[C@@H](COCc1ccccc1)CO2. The van der Waals surface area contributed by atoms with E-state index in [-0.39, 0.29) is 6.04 Å². The van der Waals surface area contributed by atoms with E-state index in [4.69, 9.17) is 18.9 Å². The molecule has 0 fully saturated rings. The van der Waals surface area contributed by atoms with Gasteiger partial charge < -0.3 is 29.2 Å². The maximum atomic E-state index is 12.3. The van der Waals surface area contributed by atoms with E-state index in [0.29, 0.717) is 49.2 Å². The van der Waals surface area contributed by atoms with Crippen LogP contribution in [0, 0.1) is 0 Å². The number of benzene rings is 1. The zero-order valence-corrected chi connectivity index (χ0v) is 19.7. The average Bonchev–Trinajstić information content (AvgIpc) is 3.18. The van der Waals surface area contributed by atoms with Crippen molar-refractivity contribution in [3.8, 4) is 5.75 Å². The number of esters is 1. The van der Waals surface area contributed by atoms with E-state index in [1.54, 1.807) is 5.38 Å². The first-order valence-corrected chi connectivity index (χ1v) is 11.3. The van der Waals surface area contributed by atoms with Crippen molar-refractivity contribution in [1.29, 1.82) is 0 Å². The molecule has 0 radical (unpaired) electrons. The number of fused-ring (bicyclic) bond motifs is 1. The van der Waals surface area contributed by atoms with Crippen LogP contribution in [-0.4, -0.2) is 57.1 Å². The van der Waals surface area contributed by atoms with Crippen molar-refractivity contribution in [2.24, 2.45) is 0 Å². The number of rotatable bonds is 8. The second-order valence-electron chi connectivity index (χ2n) is 8.36. The summed E-state index contributed by atoms with van der Waals surface area (Å²) in [6.07, 6.45) is -0.485. The van der Waals surface area contributed by atoms with E-state index in [2.05, 4.69) is 5.32 Å². The van der Waals surface area contributed by atoms with Gasteiger partial charge in [0.25, 0.3) is 0 Å². The molecule has 2 aromatic rings. The molecule has 1 atom stereocenters. The summed E-state index contributed by atoms with van der Waals surface area (Å²) < 4.78 is 22.1. The monoisotopic (exact) mass is 462 g/mol. The van der Waals surface area contributed by atoms with Crippen LogP contribution in [0.5, 0.6) is 5.75 Å². The zero-order chi connectivity index (χ0) is 23.1. The zero-order valence-electron chi connectivity index (χ0n) is 18.9. The van der Waals surface area contributed by atoms with Crippen LogP contribution in [0.2, 0.25) is 0 Å². The predicted molar refractivity (Wildman–Crippen MR) is 123 cm³/mol. The lowest BCUT2D eigenvalue weighted by Gasteiger charge is -2.37. The lowest BCUT2D eigenvalue weighted by atomic mass is 10.1. The summed E-state index contributed by atoms with van der Waals surface area (Å²) in [4.78, 5) is 26.9. The van der Waals surface area contributed by atoms with Crippen LogP contribution in [0.1, 0.15) is 36.0 Å². The van der Waals surface area contributed by atoms with Gasteiger partial charge >= 0.3 is 12.1 Å². The van der Waals surface area contributed by atoms with E-state index in [1.165, 1.54) is 18.4 Å². The summed E-state index contributed by atoms with van der Waals surface area (Å²) in [5.74, 6) is 0.211. The number of amides is 1. The second kappa shape index (κ2) is 10.7. The molecule has 9 heteroatoms. The Morgan fingerprint density at radius 2 is 2.00 bits per heavy atom. The first kappa shape index (κ1) is 23.9. The summed E-state index contributed by atoms with van der Waals surface area (Å²) in [6.45, 7) is 7.51. The maximum Gasteiger partial charge on any atom is 0.407 e. The van der Waals surface area contributed by atoms with Crippen LogP contribution in [0.15, 0.2) is 35.7 Å². The highest BCUT2D eigenvalue weighted by Gasteiger charge is 2.34. The third-order valence-corrected chi connectivity index (χ3v) is 5.63. The van der Waals surface area contributed by atoms with Gasteiger partial charge in [-0.1, -0.05) is 30.3 Å². The number of hydrogen-bond acceptors (Lipinski definition) is 8. The number of anilines is 1. The van der Waals surface area contributed by atoms with Gasteiger partial charge in [-0.15, -0.1) is 11.3 Å². The normalized spacial score (nSPS) is 15.5. The Labute approximate surface area is 192 Å². The molecule has 2 heterocycles. The Morgan fingerprint density at radius 3 is 2.69 bits per heavy atom. The highest BCUT2D eigenvalue weighted by atomic mass is 32.1. The van der Waals surface area contributed by atoms with E-state index < -0.39 is 17.7 Å². The largest absolute Gasteiger partial charge is 0.488 e. The Kier molecular flexibility index (Phi) is 7.98. The molecule has 1 aromatic heterocycles. The quantitative estimate of drug-likeness (QED) is 0.597. The van der Waals surface area contributed by atoms with Gasteiger partial charge in [0, 0.05) is 18.5 Å². The number of nitrogens with one attached hydrogen (secondary N) is 1.